The molecule has 1 aromatic rings. The molecule has 0 saturated carbocycles. The Morgan fingerprint density at radius 3 is 2.19 bits per heavy atom. The summed E-state index contributed by atoms with van der Waals surface area (Å²) in [5.74, 6) is -0.779. The van der Waals surface area contributed by atoms with Crippen LogP contribution in [0.5, 0.6) is 17.2 Å². The van der Waals surface area contributed by atoms with Gasteiger partial charge in [-0.1, -0.05) is 13.8 Å². The molecule has 16 heavy (non-hydrogen) atoms. The van der Waals surface area contributed by atoms with Crippen LogP contribution < -0.4 is 5.73 Å². The Hall–Kier alpha value is -1.13. The molecule has 0 radical (unpaired) electrons. The van der Waals surface area contributed by atoms with Crippen LogP contribution in [0.15, 0.2) is 12.1 Å². The molecule has 1 atom stereocenters. The lowest BCUT2D eigenvalue weighted by Crippen LogP contribution is -2.13. The summed E-state index contributed by atoms with van der Waals surface area (Å²) in [6.07, 6.45) is 0.706. The highest BCUT2D eigenvalue weighted by Gasteiger charge is 2.17. The largest absolute Gasteiger partial charge is 0.504 e. The fourth-order valence-electron chi connectivity index (χ4n) is 1.52. The smallest absolute Gasteiger partial charge is 0.200 e. The number of phenols is 3. The number of halogens is 1. The number of hydrogen-bond donors (Lipinski definition) is 4. The molecule has 0 aliphatic carbocycles. The standard InChI is InChI=1S/C11H17NO3.ClH/c1-6(2)5-8(12)7-3-4-9(13)11(15)10(7)14;/h3-4,6,8,13-15H,5,12H2,1-2H3;1H/t8-;/m1./s1. The Balaban J connectivity index is 0.00000225. The molecule has 0 heterocycles. The molecular weight excluding hydrogens is 230 g/mol. The van der Waals surface area contributed by atoms with Gasteiger partial charge in [-0.25, -0.2) is 0 Å². The lowest BCUT2D eigenvalue weighted by atomic mass is 9.97. The molecule has 0 bridgehead atoms. The van der Waals surface area contributed by atoms with Crippen LogP contribution in [0.3, 0.4) is 0 Å². The summed E-state index contributed by atoms with van der Waals surface area (Å²) in [7, 11) is 0. The summed E-state index contributed by atoms with van der Waals surface area (Å²) in [6, 6.07) is 2.51. The number of benzene rings is 1. The maximum atomic E-state index is 9.57. The third-order valence-corrected chi connectivity index (χ3v) is 2.29. The summed E-state index contributed by atoms with van der Waals surface area (Å²) >= 11 is 0. The van der Waals surface area contributed by atoms with E-state index in [1.165, 1.54) is 12.1 Å². The monoisotopic (exact) mass is 247 g/mol. The minimum Gasteiger partial charge on any atom is -0.504 e. The fourth-order valence-corrected chi connectivity index (χ4v) is 1.52. The van der Waals surface area contributed by atoms with E-state index in [4.69, 9.17) is 10.8 Å². The molecule has 0 spiro atoms. The van der Waals surface area contributed by atoms with Gasteiger partial charge in [0.05, 0.1) is 0 Å². The molecular formula is C11H18ClNO3. The van der Waals surface area contributed by atoms with Gasteiger partial charge in [-0.2, -0.15) is 0 Å². The van der Waals surface area contributed by atoms with E-state index in [2.05, 4.69) is 0 Å². The van der Waals surface area contributed by atoms with Gasteiger partial charge in [-0.15, -0.1) is 12.4 Å². The maximum absolute atomic E-state index is 9.57. The van der Waals surface area contributed by atoms with Gasteiger partial charge < -0.3 is 21.1 Å². The molecule has 1 rings (SSSR count). The van der Waals surface area contributed by atoms with Gasteiger partial charge in [0, 0.05) is 11.6 Å². The Morgan fingerprint density at radius 1 is 1.12 bits per heavy atom. The topological polar surface area (TPSA) is 86.7 Å². The summed E-state index contributed by atoms with van der Waals surface area (Å²) in [4.78, 5) is 0. The zero-order valence-corrected chi connectivity index (χ0v) is 10.2. The maximum Gasteiger partial charge on any atom is 0.200 e. The van der Waals surface area contributed by atoms with Gasteiger partial charge in [0.2, 0.25) is 5.75 Å². The van der Waals surface area contributed by atoms with Crippen LogP contribution >= 0.6 is 12.4 Å². The van der Waals surface area contributed by atoms with E-state index >= 15 is 0 Å². The highest BCUT2D eigenvalue weighted by Crippen LogP contribution is 2.40. The van der Waals surface area contributed by atoms with Crippen molar-refractivity contribution in [1.29, 1.82) is 0 Å². The highest BCUT2D eigenvalue weighted by molar-refractivity contribution is 5.85. The third-order valence-electron chi connectivity index (χ3n) is 2.29. The number of rotatable bonds is 3. The molecule has 0 aliphatic rings. The van der Waals surface area contributed by atoms with Gasteiger partial charge in [0.15, 0.2) is 11.5 Å². The van der Waals surface area contributed by atoms with Crippen LogP contribution in [0.2, 0.25) is 0 Å². The van der Waals surface area contributed by atoms with Crippen molar-refractivity contribution in [3.05, 3.63) is 17.7 Å². The lowest BCUT2D eigenvalue weighted by Gasteiger charge is -2.16. The third kappa shape index (κ3) is 3.18. The van der Waals surface area contributed by atoms with E-state index in [1.807, 2.05) is 13.8 Å². The quantitative estimate of drug-likeness (QED) is 0.617. The molecule has 0 saturated heterocycles. The SMILES string of the molecule is CC(C)C[C@@H](N)c1ccc(O)c(O)c1O.Cl. The molecule has 0 amide bonds. The first-order chi connectivity index (χ1) is 6.93. The van der Waals surface area contributed by atoms with Crippen LogP contribution in [-0.2, 0) is 0 Å². The van der Waals surface area contributed by atoms with Crippen LogP contribution in [0.25, 0.3) is 0 Å². The molecule has 92 valence electrons. The number of aromatic hydroxyl groups is 3. The summed E-state index contributed by atoms with van der Waals surface area (Å²) < 4.78 is 0. The molecule has 5 N–H and O–H groups in total. The normalized spacial score (nSPS) is 12.2. The average molecular weight is 248 g/mol. The summed E-state index contributed by atoms with van der Waals surface area (Å²) in [6.45, 7) is 4.05. The predicted octanol–water partition coefficient (Wildman–Crippen LogP) is 2.27. The first-order valence-electron chi connectivity index (χ1n) is 4.92. The van der Waals surface area contributed by atoms with Crippen LogP contribution in [0, 0.1) is 5.92 Å². The molecule has 1 aromatic carbocycles. The van der Waals surface area contributed by atoms with Crippen molar-refractivity contribution in [1.82, 2.24) is 0 Å². The Kier molecular flexibility index (Phi) is 5.41. The molecule has 0 aliphatic heterocycles. The minimum absolute atomic E-state index is 0. The lowest BCUT2D eigenvalue weighted by molar-refractivity contribution is 0.360. The van der Waals surface area contributed by atoms with Gasteiger partial charge in [-0.05, 0) is 24.5 Å². The number of phenolic OH excluding ortho intramolecular Hbond substituents is 3. The zero-order valence-electron chi connectivity index (χ0n) is 9.34. The van der Waals surface area contributed by atoms with Gasteiger partial charge in [-0.3, -0.25) is 0 Å². The molecule has 0 fully saturated rings. The summed E-state index contributed by atoms with van der Waals surface area (Å²) in [5.41, 5.74) is 6.32. The van der Waals surface area contributed by atoms with Crippen molar-refractivity contribution in [3.8, 4) is 17.2 Å². The van der Waals surface area contributed by atoms with Crippen LogP contribution in [0.4, 0.5) is 0 Å². The van der Waals surface area contributed by atoms with Crippen molar-refractivity contribution in [2.24, 2.45) is 11.7 Å². The first kappa shape index (κ1) is 14.9. The van der Waals surface area contributed by atoms with E-state index in [9.17, 15) is 10.2 Å². The van der Waals surface area contributed by atoms with E-state index < -0.39 is 5.75 Å². The summed E-state index contributed by atoms with van der Waals surface area (Å²) in [5, 5.41) is 28.0. The molecule has 0 aromatic heterocycles. The van der Waals surface area contributed by atoms with E-state index in [-0.39, 0.29) is 29.9 Å². The number of nitrogens with two attached hydrogens (primary N) is 1. The van der Waals surface area contributed by atoms with E-state index in [0.29, 0.717) is 17.9 Å². The fraction of sp³-hybridized carbons (Fsp3) is 0.455. The van der Waals surface area contributed by atoms with Crippen molar-refractivity contribution >= 4 is 12.4 Å². The van der Waals surface area contributed by atoms with Crippen molar-refractivity contribution in [3.63, 3.8) is 0 Å². The van der Waals surface area contributed by atoms with Gasteiger partial charge in [0.1, 0.15) is 0 Å². The van der Waals surface area contributed by atoms with Crippen LogP contribution in [0.1, 0.15) is 31.9 Å². The van der Waals surface area contributed by atoms with E-state index in [1.54, 1.807) is 0 Å². The second-order valence-corrected chi connectivity index (χ2v) is 4.11. The van der Waals surface area contributed by atoms with Gasteiger partial charge >= 0.3 is 0 Å². The zero-order chi connectivity index (χ0) is 11.6. The highest BCUT2D eigenvalue weighted by atomic mass is 35.5. The van der Waals surface area contributed by atoms with Crippen molar-refractivity contribution in [2.45, 2.75) is 26.3 Å². The Bertz CT molecular complexity index is 355. The van der Waals surface area contributed by atoms with Crippen LogP contribution in [-0.4, -0.2) is 15.3 Å². The molecule has 0 unspecified atom stereocenters. The Labute approximate surface area is 101 Å². The average Bonchev–Trinajstić information content (AvgIpc) is 2.13. The minimum atomic E-state index is -0.508. The predicted molar refractivity (Wildman–Crippen MR) is 65.1 cm³/mol. The first-order valence-corrected chi connectivity index (χ1v) is 4.92. The van der Waals surface area contributed by atoms with Crippen molar-refractivity contribution in [2.75, 3.05) is 0 Å². The second kappa shape index (κ2) is 5.82. The van der Waals surface area contributed by atoms with Gasteiger partial charge in [0.25, 0.3) is 0 Å². The van der Waals surface area contributed by atoms with E-state index in [0.717, 1.165) is 0 Å². The Morgan fingerprint density at radius 2 is 1.69 bits per heavy atom. The second-order valence-electron chi connectivity index (χ2n) is 4.11. The number of hydrogen-bond acceptors (Lipinski definition) is 4. The molecule has 4 nitrogen and oxygen atoms in total. The molecule has 5 heteroatoms. The van der Waals surface area contributed by atoms with Crippen molar-refractivity contribution < 1.29 is 15.3 Å².